The van der Waals surface area contributed by atoms with Crippen LogP contribution in [0.1, 0.15) is 41.3 Å². The van der Waals surface area contributed by atoms with E-state index in [1.54, 1.807) is 24.5 Å². The van der Waals surface area contributed by atoms with Crippen molar-refractivity contribution in [2.45, 2.75) is 38.9 Å². The van der Waals surface area contributed by atoms with Crippen molar-refractivity contribution in [2.24, 2.45) is 0 Å². The fourth-order valence-corrected chi connectivity index (χ4v) is 5.28. The highest BCUT2D eigenvalue weighted by Gasteiger charge is 2.22. The van der Waals surface area contributed by atoms with Crippen LogP contribution in [0.15, 0.2) is 57.6 Å². The Morgan fingerprint density at radius 3 is 2.78 bits per heavy atom. The maximum atomic E-state index is 12.8. The number of ether oxygens (including phenoxy) is 2. The highest BCUT2D eigenvalue weighted by molar-refractivity contribution is 7.07. The van der Waals surface area contributed by atoms with Crippen LogP contribution in [0, 0.1) is 0 Å². The first kappa shape index (κ1) is 25.1. The minimum atomic E-state index is -0.168. The Bertz CT molecular complexity index is 1330. The number of fused-ring (bicyclic) bond motifs is 1. The van der Waals surface area contributed by atoms with Crippen molar-refractivity contribution in [3.8, 4) is 11.5 Å². The molecule has 4 aromatic rings. The van der Waals surface area contributed by atoms with Crippen LogP contribution in [-0.4, -0.2) is 48.6 Å². The number of methoxy groups -OCH3 is 1. The van der Waals surface area contributed by atoms with Gasteiger partial charge in [0.05, 0.1) is 19.3 Å². The average Bonchev–Trinajstić information content (AvgIpc) is 3.58. The lowest BCUT2D eigenvalue weighted by molar-refractivity contribution is 0.0951. The van der Waals surface area contributed by atoms with Crippen LogP contribution in [0.4, 0.5) is 6.01 Å². The summed E-state index contributed by atoms with van der Waals surface area (Å²) in [4.78, 5) is 19.8. The molecule has 0 aliphatic carbocycles. The second kappa shape index (κ2) is 11.7. The van der Waals surface area contributed by atoms with E-state index in [1.165, 1.54) is 5.56 Å². The van der Waals surface area contributed by atoms with E-state index in [2.05, 4.69) is 32.7 Å². The van der Waals surface area contributed by atoms with Crippen molar-refractivity contribution in [1.29, 1.82) is 0 Å². The molecular weight excluding hydrogens is 488 g/mol. The molecule has 1 fully saturated rings. The molecule has 0 unspecified atom stereocenters. The van der Waals surface area contributed by atoms with Crippen molar-refractivity contribution < 1.29 is 18.7 Å². The van der Waals surface area contributed by atoms with Crippen LogP contribution in [0.2, 0.25) is 0 Å². The zero-order valence-corrected chi connectivity index (χ0v) is 22.0. The standard InChI is InChI=1S/C28H32N4O4S/c1-3-35-25-15-19(7-8-24(25)34-2)17-32-12-9-21(10-13-32)30-28-31-23-6-4-5-22(26(23)36-28)27(33)29-16-20-11-14-37-18-20/h4-8,11,14-15,18,21H,3,9-10,12-13,16-17H2,1-2H3,(H,29,33)(H,30,31). The number of anilines is 1. The Balaban J connectivity index is 1.17. The zero-order chi connectivity index (χ0) is 25.6. The number of oxazole rings is 1. The molecule has 2 aromatic heterocycles. The number of hydrogen-bond acceptors (Lipinski definition) is 8. The van der Waals surface area contributed by atoms with Gasteiger partial charge >= 0.3 is 0 Å². The molecule has 2 N–H and O–H groups in total. The Labute approximate surface area is 220 Å². The number of thiophene rings is 1. The summed E-state index contributed by atoms with van der Waals surface area (Å²) in [6.07, 6.45) is 1.95. The van der Waals surface area contributed by atoms with Gasteiger partial charge in [-0.2, -0.15) is 16.3 Å². The van der Waals surface area contributed by atoms with Gasteiger partial charge in [-0.25, -0.2) is 0 Å². The third-order valence-electron chi connectivity index (χ3n) is 6.54. The van der Waals surface area contributed by atoms with E-state index in [1.807, 2.05) is 41.9 Å². The number of carbonyl (C=O) groups is 1. The van der Waals surface area contributed by atoms with Crippen LogP contribution >= 0.6 is 11.3 Å². The second-order valence-corrected chi connectivity index (χ2v) is 9.88. The molecule has 8 nitrogen and oxygen atoms in total. The van der Waals surface area contributed by atoms with Gasteiger partial charge in [-0.1, -0.05) is 12.1 Å². The van der Waals surface area contributed by atoms with Gasteiger partial charge in [-0.3, -0.25) is 9.69 Å². The van der Waals surface area contributed by atoms with Gasteiger partial charge in [0.15, 0.2) is 17.1 Å². The van der Waals surface area contributed by atoms with E-state index in [0.29, 0.717) is 35.8 Å². The third-order valence-corrected chi connectivity index (χ3v) is 7.27. The van der Waals surface area contributed by atoms with Crippen LogP contribution in [-0.2, 0) is 13.1 Å². The molecule has 2 aromatic carbocycles. The van der Waals surface area contributed by atoms with E-state index < -0.39 is 0 Å². The average molecular weight is 521 g/mol. The molecule has 1 aliphatic rings. The van der Waals surface area contributed by atoms with Crippen molar-refractivity contribution in [1.82, 2.24) is 15.2 Å². The van der Waals surface area contributed by atoms with Crippen LogP contribution in [0.5, 0.6) is 11.5 Å². The highest BCUT2D eigenvalue weighted by Crippen LogP contribution is 2.29. The fourth-order valence-electron chi connectivity index (χ4n) is 4.62. The van der Waals surface area contributed by atoms with Crippen molar-refractivity contribution in [3.63, 3.8) is 0 Å². The molecule has 5 rings (SSSR count). The molecule has 9 heteroatoms. The summed E-state index contributed by atoms with van der Waals surface area (Å²) in [5.74, 6) is 1.38. The minimum Gasteiger partial charge on any atom is -0.493 e. The second-order valence-electron chi connectivity index (χ2n) is 9.10. The van der Waals surface area contributed by atoms with E-state index in [0.717, 1.165) is 49.5 Å². The minimum absolute atomic E-state index is 0.168. The normalized spacial score (nSPS) is 14.5. The molecular formula is C28H32N4O4S. The predicted octanol–water partition coefficient (Wildman–Crippen LogP) is 5.30. The van der Waals surface area contributed by atoms with Crippen LogP contribution in [0.3, 0.4) is 0 Å². The van der Waals surface area contributed by atoms with Crippen LogP contribution < -0.4 is 20.1 Å². The molecule has 1 saturated heterocycles. The number of amides is 1. The number of likely N-dealkylation sites (tertiary alicyclic amines) is 1. The Morgan fingerprint density at radius 2 is 2.03 bits per heavy atom. The lowest BCUT2D eigenvalue weighted by atomic mass is 10.0. The summed E-state index contributed by atoms with van der Waals surface area (Å²) in [6, 6.07) is 14.3. The van der Waals surface area contributed by atoms with E-state index in [4.69, 9.17) is 13.9 Å². The highest BCUT2D eigenvalue weighted by atomic mass is 32.1. The Morgan fingerprint density at radius 1 is 1.16 bits per heavy atom. The summed E-state index contributed by atoms with van der Waals surface area (Å²) >= 11 is 1.61. The number of aromatic nitrogens is 1. The molecule has 0 saturated carbocycles. The van der Waals surface area contributed by atoms with Crippen molar-refractivity contribution in [2.75, 3.05) is 32.1 Å². The van der Waals surface area contributed by atoms with Gasteiger partial charge in [-0.15, -0.1) is 0 Å². The SMILES string of the molecule is CCOc1cc(CN2CCC(Nc3nc4cccc(C(=O)NCc5ccsc5)c4o3)CC2)ccc1OC. The molecule has 37 heavy (non-hydrogen) atoms. The quantitative estimate of drug-likeness (QED) is 0.293. The fraction of sp³-hybridized carbons (Fsp3) is 0.357. The summed E-state index contributed by atoms with van der Waals surface area (Å²) in [5.41, 5.74) is 3.97. The van der Waals surface area contributed by atoms with Gasteiger partial charge in [-0.05, 0) is 72.0 Å². The molecule has 0 spiro atoms. The largest absolute Gasteiger partial charge is 0.493 e. The van der Waals surface area contributed by atoms with Gasteiger partial charge in [0.1, 0.15) is 5.52 Å². The van der Waals surface area contributed by atoms with E-state index in [-0.39, 0.29) is 11.9 Å². The lowest BCUT2D eigenvalue weighted by Crippen LogP contribution is -2.38. The van der Waals surface area contributed by atoms with E-state index in [9.17, 15) is 4.79 Å². The van der Waals surface area contributed by atoms with Crippen LogP contribution in [0.25, 0.3) is 11.1 Å². The third kappa shape index (κ3) is 6.06. The number of piperidine rings is 1. The molecule has 0 radical (unpaired) electrons. The monoisotopic (exact) mass is 520 g/mol. The number of para-hydroxylation sites is 1. The summed E-state index contributed by atoms with van der Waals surface area (Å²) in [5, 5.41) is 10.4. The Kier molecular flexibility index (Phi) is 7.91. The molecule has 1 amide bonds. The summed E-state index contributed by atoms with van der Waals surface area (Å²) in [6.45, 7) is 5.86. The topological polar surface area (TPSA) is 88.9 Å². The molecule has 0 bridgehead atoms. The number of nitrogens with one attached hydrogen (secondary N) is 2. The molecule has 194 valence electrons. The maximum absolute atomic E-state index is 12.8. The summed E-state index contributed by atoms with van der Waals surface area (Å²) < 4.78 is 17.1. The van der Waals surface area contributed by atoms with E-state index >= 15 is 0 Å². The smallest absolute Gasteiger partial charge is 0.295 e. The molecule has 1 aliphatic heterocycles. The maximum Gasteiger partial charge on any atom is 0.295 e. The van der Waals surface area contributed by atoms with Gasteiger partial charge in [0, 0.05) is 32.2 Å². The first-order valence-corrected chi connectivity index (χ1v) is 13.5. The van der Waals surface area contributed by atoms with Crippen molar-refractivity contribution >= 4 is 34.4 Å². The predicted molar refractivity (Wildman–Crippen MR) is 146 cm³/mol. The van der Waals surface area contributed by atoms with Crippen molar-refractivity contribution in [3.05, 3.63) is 69.9 Å². The molecule has 3 heterocycles. The zero-order valence-electron chi connectivity index (χ0n) is 21.2. The number of hydrogen-bond donors (Lipinski definition) is 2. The summed E-state index contributed by atoms with van der Waals surface area (Å²) in [7, 11) is 1.66. The van der Waals surface area contributed by atoms with Gasteiger partial charge in [0.2, 0.25) is 0 Å². The van der Waals surface area contributed by atoms with Gasteiger partial charge in [0.25, 0.3) is 11.9 Å². The van der Waals surface area contributed by atoms with Gasteiger partial charge < -0.3 is 24.5 Å². The lowest BCUT2D eigenvalue weighted by Gasteiger charge is -2.32. The Hall–Kier alpha value is -3.56. The molecule has 0 atom stereocenters. The number of carbonyl (C=O) groups excluding carboxylic acids is 1. The number of rotatable bonds is 10. The first-order chi connectivity index (χ1) is 18.1. The first-order valence-electron chi connectivity index (χ1n) is 12.6. The number of benzene rings is 2. The number of nitrogens with zero attached hydrogens (tertiary/aromatic N) is 2.